The zero-order chi connectivity index (χ0) is 24.3. The summed E-state index contributed by atoms with van der Waals surface area (Å²) >= 11 is 0. The number of rotatable bonds is 12. The number of carbonyl (C=O) groups is 1. The lowest BCUT2D eigenvalue weighted by Gasteiger charge is -2.14. The van der Waals surface area contributed by atoms with Crippen LogP contribution in [-0.4, -0.2) is 40.4 Å². The van der Waals surface area contributed by atoms with E-state index in [1.807, 2.05) is 49.4 Å². The minimum Gasteiger partial charge on any atom is -0.497 e. The Morgan fingerprint density at radius 2 is 1.47 bits per heavy atom. The summed E-state index contributed by atoms with van der Waals surface area (Å²) in [5.41, 5.74) is 2.38. The second kappa shape index (κ2) is 12.4. The molecular formula is C27H31NO6. The molecule has 0 aliphatic rings. The van der Waals surface area contributed by atoms with E-state index in [-0.39, 0.29) is 12.5 Å². The molecule has 0 bridgehead atoms. The van der Waals surface area contributed by atoms with Gasteiger partial charge in [0.05, 0.1) is 27.9 Å². The fraction of sp³-hybridized carbons (Fsp3) is 0.296. The molecule has 0 fully saturated rings. The van der Waals surface area contributed by atoms with Gasteiger partial charge in [0.2, 0.25) is 0 Å². The molecule has 3 aromatic carbocycles. The number of ether oxygens (including phenoxy) is 5. The van der Waals surface area contributed by atoms with E-state index in [0.717, 1.165) is 16.9 Å². The van der Waals surface area contributed by atoms with E-state index >= 15 is 0 Å². The van der Waals surface area contributed by atoms with Gasteiger partial charge in [0.15, 0.2) is 11.5 Å². The fourth-order valence-electron chi connectivity index (χ4n) is 3.42. The molecule has 0 aromatic heterocycles. The van der Waals surface area contributed by atoms with Crippen LogP contribution in [0, 0.1) is 0 Å². The molecule has 34 heavy (non-hydrogen) atoms. The van der Waals surface area contributed by atoms with E-state index in [1.54, 1.807) is 39.5 Å². The van der Waals surface area contributed by atoms with Crippen LogP contribution in [0.5, 0.6) is 28.7 Å². The molecule has 0 spiro atoms. The molecule has 0 saturated carbocycles. The van der Waals surface area contributed by atoms with Gasteiger partial charge in [-0.25, -0.2) is 0 Å². The maximum Gasteiger partial charge on any atom is 0.251 e. The van der Waals surface area contributed by atoms with Crippen LogP contribution in [0.2, 0.25) is 0 Å². The highest BCUT2D eigenvalue weighted by Crippen LogP contribution is 2.28. The Bertz CT molecular complexity index is 1080. The molecular weight excluding hydrogens is 434 g/mol. The van der Waals surface area contributed by atoms with Gasteiger partial charge in [-0.05, 0) is 73.5 Å². The first-order valence-corrected chi connectivity index (χ1v) is 11.1. The van der Waals surface area contributed by atoms with Crippen LogP contribution in [-0.2, 0) is 13.0 Å². The third kappa shape index (κ3) is 6.57. The smallest absolute Gasteiger partial charge is 0.251 e. The van der Waals surface area contributed by atoms with Crippen molar-refractivity contribution in [2.24, 2.45) is 0 Å². The molecule has 0 saturated heterocycles. The number of amides is 1. The highest BCUT2D eigenvalue weighted by atomic mass is 16.5. The highest BCUT2D eigenvalue weighted by molar-refractivity contribution is 5.94. The van der Waals surface area contributed by atoms with Gasteiger partial charge < -0.3 is 29.0 Å². The Hall–Kier alpha value is -3.87. The summed E-state index contributed by atoms with van der Waals surface area (Å²) in [7, 11) is 4.82. The van der Waals surface area contributed by atoms with Crippen molar-refractivity contribution >= 4 is 5.91 Å². The van der Waals surface area contributed by atoms with E-state index in [0.29, 0.717) is 48.1 Å². The molecule has 7 heteroatoms. The van der Waals surface area contributed by atoms with E-state index in [4.69, 9.17) is 23.7 Å². The van der Waals surface area contributed by atoms with Gasteiger partial charge >= 0.3 is 0 Å². The van der Waals surface area contributed by atoms with E-state index in [9.17, 15) is 4.79 Å². The number of hydrogen-bond donors (Lipinski definition) is 1. The SMILES string of the molecule is CCOc1ccc(C(=O)NCCc2ccc(OC)c(OC)c2)cc1COc1ccc(OC)cc1. The fourth-order valence-corrected chi connectivity index (χ4v) is 3.42. The van der Waals surface area contributed by atoms with Gasteiger partial charge in [-0.1, -0.05) is 6.07 Å². The summed E-state index contributed by atoms with van der Waals surface area (Å²) in [6.07, 6.45) is 0.663. The number of carbonyl (C=O) groups excluding carboxylic acids is 1. The maximum absolute atomic E-state index is 12.8. The molecule has 0 heterocycles. The van der Waals surface area contributed by atoms with E-state index in [1.165, 1.54) is 0 Å². The number of nitrogens with one attached hydrogen (secondary N) is 1. The average Bonchev–Trinajstić information content (AvgIpc) is 2.88. The summed E-state index contributed by atoms with van der Waals surface area (Å²) in [5, 5.41) is 2.97. The zero-order valence-electron chi connectivity index (χ0n) is 20.1. The van der Waals surface area contributed by atoms with Crippen molar-refractivity contribution in [3.63, 3.8) is 0 Å². The second-order valence-electron chi connectivity index (χ2n) is 7.41. The van der Waals surface area contributed by atoms with E-state index in [2.05, 4.69) is 5.32 Å². The zero-order valence-corrected chi connectivity index (χ0v) is 20.1. The Kier molecular flexibility index (Phi) is 9.03. The summed E-state index contributed by atoms with van der Waals surface area (Å²) in [5.74, 6) is 3.34. The van der Waals surface area contributed by atoms with Crippen molar-refractivity contribution in [1.82, 2.24) is 5.32 Å². The molecule has 0 aliphatic carbocycles. The summed E-state index contributed by atoms with van der Waals surface area (Å²) in [6, 6.07) is 18.4. The van der Waals surface area contributed by atoms with Gasteiger partial charge in [0.25, 0.3) is 5.91 Å². The van der Waals surface area contributed by atoms with Gasteiger partial charge in [-0.2, -0.15) is 0 Å². The van der Waals surface area contributed by atoms with Crippen LogP contribution in [0.4, 0.5) is 0 Å². The molecule has 0 unspecified atom stereocenters. The standard InChI is InChI=1S/C27H31NO6/c1-5-33-24-13-7-20(17-21(24)18-34-23-10-8-22(30-2)9-11-23)27(29)28-15-14-19-6-12-25(31-3)26(16-19)32-4/h6-13,16-17H,5,14-15,18H2,1-4H3,(H,28,29). The lowest BCUT2D eigenvalue weighted by molar-refractivity contribution is 0.0954. The average molecular weight is 466 g/mol. The van der Waals surface area contributed by atoms with Crippen LogP contribution < -0.4 is 29.0 Å². The first-order valence-electron chi connectivity index (χ1n) is 11.1. The van der Waals surface area contributed by atoms with Crippen molar-refractivity contribution < 1.29 is 28.5 Å². The monoisotopic (exact) mass is 465 g/mol. The van der Waals surface area contributed by atoms with Crippen LogP contribution >= 0.6 is 0 Å². The van der Waals surface area contributed by atoms with Gasteiger partial charge in [-0.3, -0.25) is 4.79 Å². The molecule has 0 atom stereocenters. The lowest BCUT2D eigenvalue weighted by Crippen LogP contribution is -2.25. The minimum atomic E-state index is -0.158. The third-order valence-electron chi connectivity index (χ3n) is 5.22. The minimum absolute atomic E-state index is 0.158. The maximum atomic E-state index is 12.8. The predicted octanol–water partition coefficient (Wildman–Crippen LogP) is 4.66. The predicted molar refractivity (Wildman–Crippen MR) is 131 cm³/mol. The third-order valence-corrected chi connectivity index (χ3v) is 5.22. The Labute approximate surface area is 200 Å². The topological polar surface area (TPSA) is 75.3 Å². The molecule has 7 nitrogen and oxygen atoms in total. The summed E-state index contributed by atoms with van der Waals surface area (Å²) in [6.45, 7) is 3.20. The van der Waals surface area contributed by atoms with Gasteiger partial charge in [-0.15, -0.1) is 0 Å². The van der Waals surface area contributed by atoms with Crippen molar-refractivity contribution in [3.8, 4) is 28.7 Å². The van der Waals surface area contributed by atoms with Gasteiger partial charge in [0, 0.05) is 17.7 Å². The molecule has 3 rings (SSSR count). The molecule has 3 aromatic rings. The normalized spacial score (nSPS) is 10.4. The Balaban J connectivity index is 1.63. The summed E-state index contributed by atoms with van der Waals surface area (Å²) in [4.78, 5) is 12.8. The van der Waals surface area contributed by atoms with Crippen LogP contribution in [0.15, 0.2) is 60.7 Å². The number of methoxy groups -OCH3 is 3. The number of hydrogen-bond acceptors (Lipinski definition) is 6. The largest absolute Gasteiger partial charge is 0.497 e. The Morgan fingerprint density at radius 1 is 0.765 bits per heavy atom. The first-order chi connectivity index (χ1) is 16.6. The van der Waals surface area contributed by atoms with Crippen LogP contribution in [0.25, 0.3) is 0 Å². The van der Waals surface area contributed by atoms with E-state index < -0.39 is 0 Å². The Morgan fingerprint density at radius 3 is 2.15 bits per heavy atom. The molecule has 0 radical (unpaired) electrons. The van der Waals surface area contributed by atoms with Crippen molar-refractivity contribution in [1.29, 1.82) is 0 Å². The highest BCUT2D eigenvalue weighted by Gasteiger charge is 2.12. The first kappa shape index (κ1) is 24.8. The van der Waals surface area contributed by atoms with Crippen molar-refractivity contribution in [2.45, 2.75) is 20.0 Å². The second-order valence-corrected chi connectivity index (χ2v) is 7.41. The quantitative estimate of drug-likeness (QED) is 0.419. The number of benzene rings is 3. The lowest BCUT2D eigenvalue weighted by atomic mass is 10.1. The molecule has 1 N–H and O–H groups in total. The molecule has 0 aliphatic heterocycles. The molecule has 1 amide bonds. The van der Waals surface area contributed by atoms with Crippen LogP contribution in [0.1, 0.15) is 28.4 Å². The van der Waals surface area contributed by atoms with Crippen molar-refractivity contribution in [2.75, 3.05) is 34.5 Å². The van der Waals surface area contributed by atoms with Gasteiger partial charge in [0.1, 0.15) is 23.9 Å². The van der Waals surface area contributed by atoms with Crippen LogP contribution in [0.3, 0.4) is 0 Å². The molecule has 180 valence electrons. The summed E-state index contributed by atoms with van der Waals surface area (Å²) < 4.78 is 27.4. The van der Waals surface area contributed by atoms with Crippen molar-refractivity contribution in [3.05, 3.63) is 77.4 Å².